The molecule has 0 saturated carbocycles. The monoisotopic (exact) mass is 904 g/mol. The number of hydrogen-bond acceptors (Lipinski definition) is 6. The minimum Gasteiger partial charge on any atom is -0.478 e. The van der Waals surface area contributed by atoms with Gasteiger partial charge in [-0.1, -0.05) is 23.2 Å². The Labute approximate surface area is 336 Å². The second-order valence-electron chi connectivity index (χ2n) is 10.9. The molecule has 0 aliphatic heterocycles. The highest BCUT2D eigenvalue weighted by Gasteiger charge is 2.37. The Kier molecular flexibility index (Phi) is 17.2. The van der Waals surface area contributed by atoms with Gasteiger partial charge in [-0.3, -0.25) is 0 Å². The number of esters is 2. The van der Waals surface area contributed by atoms with Crippen LogP contribution in [0.5, 0.6) is 0 Å². The van der Waals surface area contributed by atoms with E-state index in [0.29, 0.717) is 36.4 Å². The van der Waals surface area contributed by atoms with Crippen LogP contribution in [-0.4, -0.2) is 45.2 Å². The number of aromatic carboxylic acids is 3. The molecule has 318 valence electrons. The van der Waals surface area contributed by atoms with Crippen LogP contribution in [0.1, 0.15) is 62.9 Å². The molecule has 0 saturated heterocycles. The summed E-state index contributed by atoms with van der Waals surface area (Å²) < 4.78 is 155. The molecule has 0 bridgehead atoms. The van der Waals surface area contributed by atoms with E-state index in [9.17, 15) is 76.7 Å². The maximum absolute atomic E-state index is 13.0. The topological polar surface area (TPSA) is 155 Å². The van der Waals surface area contributed by atoms with Crippen molar-refractivity contribution >= 4 is 53.0 Å². The molecule has 0 aromatic heterocycles. The molecule has 3 N–H and O–H groups in total. The summed E-state index contributed by atoms with van der Waals surface area (Å²) in [4.78, 5) is 54.2. The van der Waals surface area contributed by atoms with Gasteiger partial charge in [0.15, 0.2) is 11.6 Å². The van der Waals surface area contributed by atoms with E-state index in [0.717, 1.165) is 42.5 Å². The average molecular weight is 905 g/mol. The summed E-state index contributed by atoms with van der Waals surface area (Å²) in [6.07, 6.45) is -9.74. The first-order valence-electron chi connectivity index (χ1n) is 15.2. The molecule has 0 fully saturated rings. The molecule has 23 heteroatoms. The van der Waals surface area contributed by atoms with Crippen molar-refractivity contribution < 1.29 is 96.7 Å². The number of carboxylic acid groups (broad SMARTS) is 3. The van der Waals surface area contributed by atoms with Crippen molar-refractivity contribution in [3.05, 3.63) is 175 Å². The molecule has 0 spiro atoms. The fourth-order valence-corrected chi connectivity index (χ4v) is 4.34. The Bertz CT molecular complexity index is 2420. The van der Waals surface area contributed by atoms with Crippen LogP contribution in [0.3, 0.4) is 0 Å². The summed E-state index contributed by atoms with van der Waals surface area (Å²) in [5.41, 5.74) is -5.41. The zero-order valence-corrected chi connectivity index (χ0v) is 30.3. The van der Waals surface area contributed by atoms with Crippen LogP contribution in [0, 0.1) is 34.9 Å². The van der Waals surface area contributed by atoms with Crippen molar-refractivity contribution in [1.29, 1.82) is 0 Å². The third kappa shape index (κ3) is 14.6. The normalized spacial score (nSPS) is 10.7. The van der Waals surface area contributed by atoms with Gasteiger partial charge in [-0.15, -0.1) is 0 Å². The van der Waals surface area contributed by atoms with E-state index >= 15 is 0 Å². The van der Waals surface area contributed by atoms with Crippen molar-refractivity contribution in [2.45, 2.75) is 12.4 Å². The van der Waals surface area contributed by atoms with E-state index in [-0.39, 0.29) is 33.3 Å². The summed E-state index contributed by atoms with van der Waals surface area (Å²) in [6, 6.07) is 10.6. The minimum atomic E-state index is -5.07. The summed E-state index contributed by atoms with van der Waals surface area (Å²) >= 11 is 10.7. The third-order valence-electron chi connectivity index (χ3n) is 6.70. The maximum Gasteiger partial charge on any atom is 0.417 e. The lowest BCUT2D eigenvalue weighted by Gasteiger charge is -2.11. The molecular formula is C37H18Cl2F12O9. The van der Waals surface area contributed by atoms with Crippen LogP contribution in [-0.2, 0) is 17.1 Å². The van der Waals surface area contributed by atoms with Gasteiger partial charge in [0.2, 0.25) is 0 Å². The van der Waals surface area contributed by atoms with Crippen LogP contribution in [0.15, 0.2) is 91.0 Å². The number of benzene rings is 5. The van der Waals surface area contributed by atoms with Gasteiger partial charge in [0.25, 0.3) is 0 Å². The molecule has 0 aliphatic rings. The SMILES string of the molecule is O=C(O)c1ccc(C(F)(F)F)cc1F.O=C(O)c1ccc(F)c(Cl)c1.O=C(O)c1ccc(F)cc1Cl.O=C(OC(=O)c1ccc(F)cc1C(F)(F)F)c1ccc(F)c(F)c1. The molecular weight excluding hydrogens is 887 g/mol. The molecule has 0 aliphatic carbocycles. The lowest BCUT2D eigenvalue weighted by molar-refractivity contribution is -0.138. The largest absolute Gasteiger partial charge is 0.478 e. The van der Waals surface area contributed by atoms with Crippen molar-refractivity contribution in [1.82, 2.24) is 0 Å². The molecule has 5 aromatic rings. The smallest absolute Gasteiger partial charge is 0.417 e. The highest BCUT2D eigenvalue weighted by Crippen LogP contribution is 2.33. The van der Waals surface area contributed by atoms with E-state index in [1.807, 2.05) is 0 Å². The average Bonchev–Trinajstić information content (AvgIpc) is 3.13. The fourth-order valence-electron chi connectivity index (χ4n) is 3.91. The van der Waals surface area contributed by atoms with Gasteiger partial charge in [0.05, 0.1) is 49.0 Å². The Balaban J connectivity index is 0.000000294. The van der Waals surface area contributed by atoms with E-state index in [4.69, 9.17) is 38.5 Å². The van der Waals surface area contributed by atoms with Crippen molar-refractivity contribution in [3.63, 3.8) is 0 Å². The van der Waals surface area contributed by atoms with Crippen LogP contribution >= 0.6 is 23.2 Å². The molecule has 5 rings (SSSR count). The van der Waals surface area contributed by atoms with Crippen LogP contribution in [0.2, 0.25) is 10.0 Å². The fraction of sp³-hybridized carbons (Fsp3) is 0.0541. The maximum atomic E-state index is 13.0. The summed E-state index contributed by atoms with van der Waals surface area (Å²) in [6.45, 7) is 0. The van der Waals surface area contributed by atoms with Gasteiger partial charge in [-0.25, -0.2) is 50.3 Å². The minimum absolute atomic E-state index is 0.0172. The number of carbonyl (C=O) groups is 5. The second-order valence-corrected chi connectivity index (χ2v) is 11.7. The Morgan fingerprint density at radius 3 is 1.43 bits per heavy atom. The first-order valence-corrected chi connectivity index (χ1v) is 15.9. The number of hydrogen-bond donors (Lipinski definition) is 3. The molecule has 0 radical (unpaired) electrons. The van der Waals surface area contributed by atoms with Crippen LogP contribution in [0.25, 0.3) is 0 Å². The number of halogens is 14. The summed E-state index contributed by atoms with van der Waals surface area (Å²) in [5, 5.41) is 24.9. The lowest BCUT2D eigenvalue weighted by atomic mass is 10.1. The van der Waals surface area contributed by atoms with Gasteiger partial charge in [0, 0.05) is 0 Å². The standard InChI is InChI=1S/C15H6F6O3.C8H4F4O2.2C7H4ClFO2/c16-8-2-3-9(10(6-8)15(19,20)21)14(23)24-13(22)7-1-4-11(17)12(18)5-7;9-6-3-4(8(10,11)12)1-2-5(6)7(13)14;8-5-3-4(7(10)11)1-2-6(5)9;8-6-3-4(9)1-2-5(6)7(10)11/h1-6H;1-3H,(H,13,14);2*1-3H,(H,10,11). The zero-order chi connectivity index (χ0) is 45.9. The Morgan fingerprint density at radius 2 is 0.967 bits per heavy atom. The molecule has 5 aromatic carbocycles. The van der Waals surface area contributed by atoms with Crippen LogP contribution < -0.4 is 0 Å². The first kappa shape index (κ1) is 49.5. The molecule has 9 nitrogen and oxygen atoms in total. The van der Waals surface area contributed by atoms with Gasteiger partial charge < -0.3 is 20.1 Å². The van der Waals surface area contributed by atoms with E-state index < -0.39 is 105 Å². The van der Waals surface area contributed by atoms with Gasteiger partial charge in [0.1, 0.15) is 23.3 Å². The number of rotatable bonds is 5. The molecule has 0 atom stereocenters. The quantitative estimate of drug-likeness (QED) is 0.0888. The van der Waals surface area contributed by atoms with Crippen molar-refractivity contribution in [3.8, 4) is 0 Å². The van der Waals surface area contributed by atoms with Gasteiger partial charge in [-0.2, -0.15) is 26.3 Å². The number of ether oxygens (including phenoxy) is 1. The number of alkyl halides is 6. The molecule has 0 unspecified atom stereocenters. The predicted octanol–water partition coefficient (Wildman–Crippen LogP) is 11.0. The van der Waals surface area contributed by atoms with Gasteiger partial charge in [-0.05, 0) is 91.0 Å². The zero-order valence-electron chi connectivity index (χ0n) is 28.7. The highest BCUT2D eigenvalue weighted by molar-refractivity contribution is 6.33. The van der Waals surface area contributed by atoms with Crippen molar-refractivity contribution in [2.75, 3.05) is 0 Å². The van der Waals surface area contributed by atoms with E-state index in [2.05, 4.69) is 4.74 Å². The third-order valence-corrected chi connectivity index (χ3v) is 7.30. The molecule has 0 heterocycles. The van der Waals surface area contributed by atoms with Gasteiger partial charge >= 0.3 is 42.2 Å². The Hall–Kier alpha value is -6.61. The van der Waals surface area contributed by atoms with Crippen LogP contribution in [0.4, 0.5) is 52.7 Å². The molecule has 0 amide bonds. The first-order chi connectivity index (χ1) is 27.6. The lowest BCUT2D eigenvalue weighted by Crippen LogP contribution is -2.18. The highest BCUT2D eigenvalue weighted by atomic mass is 35.5. The summed E-state index contributed by atoms with van der Waals surface area (Å²) in [5.74, 6) is -13.5. The van der Waals surface area contributed by atoms with E-state index in [1.165, 1.54) is 0 Å². The Morgan fingerprint density at radius 1 is 0.450 bits per heavy atom. The predicted molar refractivity (Wildman–Crippen MR) is 183 cm³/mol. The second kappa shape index (κ2) is 20.9. The number of carboxylic acids is 3. The van der Waals surface area contributed by atoms with Crippen molar-refractivity contribution in [2.24, 2.45) is 0 Å². The summed E-state index contributed by atoms with van der Waals surface area (Å²) in [7, 11) is 0. The molecule has 60 heavy (non-hydrogen) atoms. The van der Waals surface area contributed by atoms with E-state index in [1.54, 1.807) is 0 Å². The number of carbonyl (C=O) groups excluding carboxylic acids is 2.